The topological polar surface area (TPSA) is 128 Å². The van der Waals surface area contributed by atoms with Gasteiger partial charge in [0.15, 0.2) is 0 Å². The third kappa shape index (κ3) is 4.53. The number of amides is 2. The molecule has 0 bridgehead atoms. The summed E-state index contributed by atoms with van der Waals surface area (Å²) >= 11 is 0. The number of aryl methyl sites for hydroxylation is 2. The molecule has 4 rings (SSSR count). The SMILES string of the molecule is CCc1noc(C)c1C(=O)NNC(=O)c1ccc(Cn2nnc(-c3ccccc3)n2)cc1. The lowest BCUT2D eigenvalue weighted by Crippen LogP contribution is -2.42. The first-order valence-corrected chi connectivity index (χ1v) is 10.0. The summed E-state index contributed by atoms with van der Waals surface area (Å²) in [5.74, 6) is 0.0288. The van der Waals surface area contributed by atoms with E-state index in [1.165, 1.54) is 4.80 Å². The van der Waals surface area contributed by atoms with Crippen molar-refractivity contribution in [1.29, 1.82) is 0 Å². The van der Waals surface area contributed by atoms with Crippen LogP contribution in [0.1, 0.15) is 44.7 Å². The largest absolute Gasteiger partial charge is 0.361 e. The number of carbonyl (C=O) groups is 2. The number of carbonyl (C=O) groups excluding carboxylic acids is 2. The van der Waals surface area contributed by atoms with Crippen molar-refractivity contribution in [2.45, 2.75) is 26.8 Å². The van der Waals surface area contributed by atoms with Crippen molar-refractivity contribution in [2.24, 2.45) is 0 Å². The summed E-state index contributed by atoms with van der Waals surface area (Å²) < 4.78 is 5.05. The third-order valence-corrected chi connectivity index (χ3v) is 4.81. The van der Waals surface area contributed by atoms with Gasteiger partial charge in [0.05, 0.1) is 12.2 Å². The Morgan fingerprint density at radius 2 is 1.72 bits per heavy atom. The van der Waals surface area contributed by atoms with E-state index in [4.69, 9.17) is 4.52 Å². The van der Waals surface area contributed by atoms with Crippen molar-refractivity contribution in [3.8, 4) is 11.4 Å². The Balaban J connectivity index is 1.35. The molecule has 2 aromatic heterocycles. The fourth-order valence-corrected chi connectivity index (χ4v) is 3.14. The van der Waals surface area contributed by atoms with Gasteiger partial charge in [-0.3, -0.25) is 20.4 Å². The summed E-state index contributed by atoms with van der Waals surface area (Å²) in [4.78, 5) is 26.2. The Morgan fingerprint density at radius 3 is 2.44 bits per heavy atom. The van der Waals surface area contributed by atoms with Gasteiger partial charge in [-0.25, -0.2) is 0 Å². The Kier molecular flexibility index (Phi) is 6.02. The molecule has 0 atom stereocenters. The van der Waals surface area contributed by atoms with Crippen LogP contribution in [0.25, 0.3) is 11.4 Å². The molecule has 0 aliphatic carbocycles. The maximum atomic E-state index is 12.4. The first kappa shape index (κ1) is 20.9. The highest BCUT2D eigenvalue weighted by Crippen LogP contribution is 2.14. The molecule has 0 saturated heterocycles. The lowest BCUT2D eigenvalue weighted by Gasteiger charge is -2.08. The molecule has 10 nitrogen and oxygen atoms in total. The summed E-state index contributed by atoms with van der Waals surface area (Å²) in [5, 5.41) is 16.4. The van der Waals surface area contributed by atoms with Crippen LogP contribution in [-0.4, -0.2) is 37.2 Å². The second-order valence-electron chi connectivity index (χ2n) is 7.03. The van der Waals surface area contributed by atoms with Crippen LogP contribution in [0.4, 0.5) is 0 Å². The monoisotopic (exact) mass is 431 g/mol. The zero-order valence-electron chi connectivity index (χ0n) is 17.6. The van der Waals surface area contributed by atoms with Crippen molar-refractivity contribution in [1.82, 2.24) is 36.2 Å². The highest BCUT2D eigenvalue weighted by molar-refractivity contribution is 6.00. The van der Waals surface area contributed by atoms with Gasteiger partial charge in [-0.1, -0.05) is 54.5 Å². The first-order chi connectivity index (χ1) is 15.5. The molecule has 32 heavy (non-hydrogen) atoms. The van der Waals surface area contributed by atoms with Gasteiger partial charge < -0.3 is 4.52 Å². The van der Waals surface area contributed by atoms with E-state index >= 15 is 0 Å². The number of hydrogen-bond acceptors (Lipinski definition) is 7. The van der Waals surface area contributed by atoms with E-state index in [-0.39, 0.29) is 0 Å². The normalized spacial score (nSPS) is 10.7. The van der Waals surface area contributed by atoms with Gasteiger partial charge in [0, 0.05) is 11.1 Å². The van der Waals surface area contributed by atoms with Gasteiger partial charge in [0.1, 0.15) is 11.3 Å². The molecule has 0 aliphatic heterocycles. The molecule has 162 valence electrons. The summed E-state index contributed by atoms with van der Waals surface area (Å²) in [6, 6.07) is 16.5. The zero-order chi connectivity index (χ0) is 22.5. The lowest BCUT2D eigenvalue weighted by molar-refractivity contribution is 0.0845. The maximum Gasteiger partial charge on any atom is 0.275 e. The van der Waals surface area contributed by atoms with Gasteiger partial charge in [0.2, 0.25) is 5.82 Å². The molecule has 0 radical (unpaired) electrons. The second kappa shape index (κ2) is 9.21. The van der Waals surface area contributed by atoms with Gasteiger partial charge in [-0.05, 0) is 36.3 Å². The lowest BCUT2D eigenvalue weighted by atomic mass is 10.1. The number of tetrazole rings is 1. The highest BCUT2D eigenvalue weighted by Gasteiger charge is 2.19. The molecule has 4 aromatic rings. The van der Waals surface area contributed by atoms with Crippen molar-refractivity contribution < 1.29 is 14.1 Å². The predicted molar refractivity (Wildman–Crippen MR) is 114 cm³/mol. The van der Waals surface area contributed by atoms with E-state index in [2.05, 4.69) is 31.4 Å². The number of nitrogens with zero attached hydrogens (tertiary/aromatic N) is 5. The molecule has 10 heteroatoms. The van der Waals surface area contributed by atoms with Crippen molar-refractivity contribution >= 4 is 11.8 Å². The Morgan fingerprint density at radius 1 is 1.00 bits per heavy atom. The summed E-state index contributed by atoms with van der Waals surface area (Å²) in [6.45, 7) is 3.92. The molecular weight excluding hydrogens is 410 g/mol. The molecule has 0 fully saturated rings. The summed E-state index contributed by atoms with van der Waals surface area (Å²) in [5.41, 5.74) is 7.86. The molecule has 0 aliphatic rings. The molecule has 0 unspecified atom stereocenters. The van der Waals surface area contributed by atoms with Crippen LogP contribution in [0.5, 0.6) is 0 Å². The minimum absolute atomic E-state index is 0.332. The fourth-order valence-electron chi connectivity index (χ4n) is 3.14. The van der Waals surface area contributed by atoms with Gasteiger partial charge in [-0.2, -0.15) is 4.80 Å². The van der Waals surface area contributed by atoms with Crippen LogP contribution < -0.4 is 10.9 Å². The predicted octanol–water partition coefficient (Wildman–Crippen LogP) is 2.32. The number of benzene rings is 2. The molecular formula is C22H21N7O3. The summed E-state index contributed by atoms with van der Waals surface area (Å²) in [6.07, 6.45) is 0.545. The van der Waals surface area contributed by atoms with E-state index in [9.17, 15) is 9.59 Å². The maximum absolute atomic E-state index is 12.4. The molecule has 2 aromatic carbocycles. The average Bonchev–Trinajstić information content (AvgIpc) is 3.44. The van der Waals surface area contributed by atoms with E-state index in [0.29, 0.717) is 41.4 Å². The number of nitrogens with one attached hydrogen (secondary N) is 2. The number of hydrazine groups is 1. The second-order valence-corrected chi connectivity index (χ2v) is 7.03. The van der Waals surface area contributed by atoms with Crippen LogP contribution in [0.3, 0.4) is 0 Å². The van der Waals surface area contributed by atoms with E-state index in [1.807, 2.05) is 37.3 Å². The smallest absolute Gasteiger partial charge is 0.275 e. The average molecular weight is 431 g/mol. The Labute approximate surface area is 183 Å². The van der Waals surface area contributed by atoms with Crippen molar-refractivity contribution in [3.63, 3.8) is 0 Å². The zero-order valence-corrected chi connectivity index (χ0v) is 17.6. The van der Waals surface area contributed by atoms with Crippen molar-refractivity contribution in [3.05, 3.63) is 82.7 Å². The fraction of sp³-hybridized carbons (Fsp3) is 0.182. The van der Waals surface area contributed by atoms with Gasteiger partial charge >= 0.3 is 0 Å². The standard InChI is InChI=1S/C22H21N7O3/c1-3-18-19(14(2)32-27-18)22(31)25-24-21(30)17-11-9-15(10-12-17)13-29-26-20(23-28-29)16-7-5-4-6-8-16/h4-12H,3,13H2,1-2H3,(H,24,30)(H,25,31). The molecule has 0 saturated carbocycles. The highest BCUT2D eigenvalue weighted by atomic mass is 16.5. The van der Waals surface area contributed by atoms with Crippen LogP contribution in [-0.2, 0) is 13.0 Å². The Hall–Kier alpha value is -4.34. The molecule has 2 amide bonds. The van der Waals surface area contributed by atoms with Crippen LogP contribution in [0.15, 0.2) is 59.1 Å². The summed E-state index contributed by atoms with van der Waals surface area (Å²) in [7, 11) is 0. The van der Waals surface area contributed by atoms with Crippen molar-refractivity contribution in [2.75, 3.05) is 0 Å². The molecule has 0 spiro atoms. The number of rotatable bonds is 6. The number of aromatic nitrogens is 5. The number of hydrogen-bond donors (Lipinski definition) is 2. The van der Waals surface area contributed by atoms with E-state index < -0.39 is 11.8 Å². The van der Waals surface area contributed by atoms with E-state index in [1.54, 1.807) is 31.2 Å². The Bertz CT molecular complexity index is 1230. The molecule has 2 heterocycles. The first-order valence-electron chi connectivity index (χ1n) is 10.0. The third-order valence-electron chi connectivity index (χ3n) is 4.81. The van der Waals surface area contributed by atoms with Crippen LogP contribution in [0, 0.1) is 6.92 Å². The minimum Gasteiger partial charge on any atom is -0.361 e. The van der Waals surface area contributed by atoms with Gasteiger partial charge in [0.25, 0.3) is 11.8 Å². The van der Waals surface area contributed by atoms with Gasteiger partial charge in [-0.15, -0.1) is 10.2 Å². The van der Waals surface area contributed by atoms with Crippen LogP contribution >= 0.6 is 0 Å². The minimum atomic E-state index is -0.475. The van der Waals surface area contributed by atoms with E-state index in [0.717, 1.165) is 11.1 Å². The molecule has 2 N–H and O–H groups in total. The van der Waals surface area contributed by atoms with Crippen LogP contribution in [0.2, 0.25) is 0 Å². The quantitative estimate of drug-likeness (QED) is 0.448.